The zero-order valence-electron chi connectivity index (χ0n) is 14.1. The Labute approximate surface area is 142 Å². The minimum absolute atomic E-state index is 0.0863. The number of aromatic nitrogens is 1. The molecular weight excluding hydrogens is 326 g/mol. The lowest BCUT2D eigenvalue weighted by atomic mass is 10.2. The van der Waals surface area contributed by atoms with E-state index in [1.807, 2.05) is 13.0 Å². The van der Waals surface area contributed by atoms with E-state index < -0.39 is 15.9 Å². The van der Waals surface area contributed by atoms with Crippen molar-refractivity contribution in [1.82, 2.24) is 9.29 Å². The molecule has 0 unspecified atom stereocenters. The average molecular weight is 347 g/mol. The Morgan fingerprint density at radius 3 is 2.50 bits per heavy atom. The third kappa shape index (κ3) is 3.98. The van der Waals surface area contributed by atoms with Gasteiger partial charge in [0.05, 0.1) is 4.90 Å². The Morgan fingerprint density at radius 1 is 1.21 bits per heavy atom. The molecule has 1 heterocycles. The van der Waals surface area contributed by atoms with Crippen LogP contribution in [0.15, 0.2) is 47.5 Å². The van der Waals surface area contributed by atoms with Gasteiger partial charge in [-0.25, -0.2) is 13.4 Å². The van der Waals surface area contributed by atoms with Gasteiger partial charge in [0.15, 0.2) is 0 Å². The number of anilines is 1. The molecule has 0 bridgehead atoms. The number of pyridine rings is 1. The van der Waals surface area contributed by atoms with Crippen LogP contribution in [0, 0.1) is 6.92 Å². The lowest BCUT2D eigenvalue weighted by molar-refractivity contribution is 0.102. The average Bonchev–Trinajstić information content (AvgIpc) is 2.56. The number of hydrogen-bond donors (Lipinski definition) is 1. The molecule has 2 rings (SSSR count). The molecule has 0 fully saturated rings. The molecule has 7 heteroatoms. The van der Waals surface area contributed by atoms with Crippen molar-refractivity contribution in [3.63, 3.8) is 0 Å². The second kappa shape index (κ2) is 7.11. The molecule has 0 spiro atoms. The minimum atomic E-state index is -3.64. The molecule has 6 nitrogen and oxygen atoms in total. The highest BCUT2D eigenvalue weighted by Crippen LogP contribution is 2.18. The van der Waals surface area contributed by atoms with Crippen LogP contribution in [0.2, 0.25) is 0 Å². The van der Waals surface area contributed by atoms with E-state index in [-0.39, 0.29) is 16.5 Å². The molecule has 1 N–H and O–H groups in total. The Bertz CT molecular complexity index is 830. The highest BCUT2D eigenvalue weighted by atomic mass is 32.2. The van der Waals surface area contributed by atoms with Gasteiger partial charge in [-0.05, 0) is 50.6 Å². The highest BCUT2D eigenvalue weighted by molar-refractivity contribution is 7.89. The highest BCUT2D eigenvalue weighted by Gasteiger charge is 2.23. The van der Waals surface area contributed by atoms with Crippen LogP contribution in [0.3, 0.4) is 0 Å². The van der Waals surface area contributed by atoms with E-state index in [4.69, 9.17) is 0 Å². The molecule has 24 heavy (non-hydrogen) atoms. The largest absolute Gasteiger partial charge is 0.307 e. The lowest BCUT2D eigenvalue weighted by Crippen LogP contribution is -2.33. The monoisotopic (exact) mass is 347 g/mol. The zero-order valence-corrected chi connectivity index (χ0v) is 15.0. The Hall–Kier alpha value is -2.25. The standard InChI is InChI=1S/C17H21N3O3S/c1-12(2)20(4)24(22,23)15-7-5-6-14(10-15)17(21)19-16-9-8-13(3)11-18-16/h5-12H,1-4H3,(H,18,19,21). The number of nitrogens with one attached hydrogen (secondary N) is 1. The smallest absolute Gasteiger partial charge is 0.256 e. The number of carbonyl (C=O) groups excluding carboxylic acids is 1. The number of carbonyl (C=O) groups is 1. The van der Waals surface area contributed by atoms with Crippen molar-refractivity contribution in [1.29, 1.82) is 0 Å². The normalized spacial score (nSPS) is 11.8. The molecule has 1 aromatic carbocycles. The van der Waals surface area contributed by atoms with Crippen molar-refractivity contribution < 1.29 is 13.2 Å². The minimum Gasteiger partial charge on any atom is -0.307 e. The van der Waals surface area contributed by atoms with Gasteiger partial charge in [-0.1, -0.05) is 12.1 Å². The number of amides is 1. The van der Waals surface area contributed by atoms with Crippen molar-refractivity contribution in [2.24, 2.45) is 0 Å². The van der Waals surface area contributed by atoms with Crippen LogP contribution in [0.25, 0.3) is 0 Å². The fraction of sp³-hybridized carbons (Fsp3) is 0.294. The second-order valence-electron chi connectivity index (χ2n) is 5.82. The van der Waals surface area contributed by atoms with Gasteiger partial charge < -0.3 is 5.32 Å². The first kappa shape index (κ1) is 18.1. The first-order valence-corrected chi connectivity index (χ1v) is 8.98. The molecule has 0 saturated heterocycles. The summed E-state index contributed by atoms with van der Waals surface area (Å²) in [7, 11) is -2.12. The van der Waals surface area contributed by atoms with Crippen LogP contribution in [0.4, 0.5) is 5.82 Å². The zero-order chi connectivity index (χ0) is 17.9. The quantitative estimate of drug-likeness (QED) is 0.902. The van der Waals surface area contributed by atoms with E-state index >= 15 is 0 Å². The molecule has 1 amide bonds. The van der Waals surface area contributed by atoms with E-state index in [2.05, 4.69) is 10.3 Å². The molecule has 1 aromatic heterocycles. The molecule has 128 valence electrons. The van der Waals surface area contributed by atoms with Gasteiger partial charge in [-0.3, -0.25) is 4.79 Å². The van der Waals surface area contributed by atoms with Crippen molar-refractivity contribution in [2.75, 3.05) is 12.4 Å². The summed E-state index contributed by atoms with van der Waals surface area (Å²) in [6, 6.07) is 9.33. The van der Waals surface area contributed by atoms with Crippen molar-refractivity contribution in [2.45, 2.75) is 31.7 Å². The number of rotatable bonds is 5. The van der Waals surface area contributed by atoms with E-state index in [0.717, 1.165) is 5.56 Å². The SMILES string of the molecule is Cc1ccc(NC(=O)c2cccc(S(=O)(=O)N(C)C(C)C)c2)nc1. The Kier molecular flexibility index (Phi) is 5.36. The summed E-state index contributed by atoms with van der Waals surface area (Å²) < 4.78 is 26.3. The predicted octanol–water partition coefficient (Wildman–Crippen LogP) is 2.67. The summed E-state index contributed by atoms with van der Waals surface area (Å²) in [6.07, 6.45) is 1.65. The van der Waals surface area contributed by atoms with E-state index in [9.17, 15) is 13.2 Å². The van der Waals surface area contributed by atoms with Gasteiger partial charge in [-0.2, -0.15) is 4.31 Å². The van der Waals surface area contributed by atoms with Gasteiger partial charge in [-0.15, -0.1) is 0 Å². The van der Waals surface area contributed by atoms with Gasteiger partial charge in [0.1, 0.15) is 5.82 Å². The number of aryl methyl sites for hydroxylation is 1. The molecule has 0 aliphatic carbocycles. The summed E-state index contributed by atoms with van der Waals surface area (Å²) in [5.74, 6) is 0.00811. The van der Waals surface area contributed by atoms with Crippen molar-refractivity contribution in [3.8, 4) is 0 Å². The van der Waals surface area contributed by atoms with E-state index in [0.29, 0.717) is 5.82 Å². The summed E-state index contributed by atoms with van der Waals surface area (Å²) >= 11 is 0. The van der Waals surface area contributed by atoms with Crippen molar-refractivity contribution in [3.05, 3.63) is 53.7 Å². The van der Waals surface area contributed by atoms with Crippen LogP contribution >= 0.6 is 0 Å². The molecule has 2 aromatic rings. The topological polar surface area (TPSA) is 79.4 Å². The lowest BCUT2D eigenvalue weighted by Gasteiger charge is -2.21. The van der Waals surface area contributed by atoms with Crippen molar-refractivity contribution >= 4 is 21.7 Å². The summed E-state index contributed by atoms with van der Waals surface area (Å²) in [5.41, 5.74) is 1.24. The van der Waals surface area contributed by atoms with E-state index in [1.165, 1.54) is 23.5 Å². The number of nitrogens with zero attached hydrogens (tertiary/aromatic N) is 2. The molecule has 0 radical (unpaired) electrons. The maximum atomic E-state index is 12.5. The molecule has 0 atom stereocenters. The van der Waals surface area contributed by atoms with Crippen LogP contribution in [0.5, 0.6) is 0 Å². The Morgan fingerprint density at radius 2 is 1.92 bits per heavy atom. The van der Waals surface area contributed by atoms with Gasteiger partial charge >= 0.3 is 0 Å². The summed E-state index contributed by atoms with van der Waals surface area (Å²) in [6.45, 7) is 5.48. The summed E-state index contributed by atoms with van der Waals surface area (Å²) in [4.78, 5) is 16.5. The maximum absolute atomic E-state index is 12.5. The Balaban J connectivity index is 2.27. The van der Waals surface area contributed by atoms with Gasteiger partial charge in [0.2, 0.25) is 10.0 Å². The van der Waals surface area contributed by atoms with E-state index in [1.54, 1.807) is 38.2 Å². The molecule has 0 aliphatic heterocycles. The van der Waals surface area contributed by atoms with Crippen LogP contribution < -0.4 is 5.32 Å². The molecular formula is C17H21N3O3S. The summed E-state index contributed by atoms with van der Waals surface area (Å²) in [5, 5.41) is 2.66. The van der Waals surface area contributed by atoms with Gasteiger partial charge in [0, 0.05) is 24.8 Å². The fourth-order valence-electron chi connectivity index (χ4n) is 1.97. The second-order valence-corrected chi connectivity index (χ2v) is 7.82. The maximum Gasteiger partial charge on any atom is 0.256 e. The van der Waals surface area contributed by atoms with Crippen LogP contribution in [-0.2, 0) is 10.0 Å². The number of sulfonamides is 1. The number of hydrogen-bond acceptors (Lipinski definition) is 4. The first-order chi connectivity index (χ1) is 11.2. The molecule has 0 aliphatic rings. The fourth-order valence-corrected chi connectivity index (χ4v) is 3.39. The van der Waals surface area contributed by atoms with Gasteiger partial charge in [0.25, 0.3) is 5.91 Å². The molecule has 0 saturated carbocycles. The third-order valence-electron chi connectivity index (χ3n) is 3.65. The van der Waals surface area contributed by atoms with Crippen LogP contribution in [0.1, 0.15) is 29.8 Å². The number of benzene rings is 1. The predicted molar refractivity (Wildman–Crippen MR) is 93.5 cm³/mol. The third-order valence-corrected chi connectivity index (χ3v) is 5.68. The van der Waals surface area contributed by atoms with Crippen LogP contribution in [-0.4, -0.2) is 36.7 Å². The first-order valence-electron chi connectivity index (χ1n) is 7.54.